The first-order valence-corrected chi connectivity index (χ1v) is 9.31. The van der Waals surface area contributed by atoms with Crippen molar-refractivity contribution in [1.29, 1.82) is 0 Å². The summed E-state index contributed by atoms with van der Waals surface area (Å²) in [5.74, 6) is -1.82. The molecule has 0 radical (unpaired) electrons. The van der Waals surface area contributed by atoms with E-state index in [1.54, 1.807) is 54.6 Å². The van der Waals surface area contributed by atoms with Crippen molar-refractivity contribution in [3.63, 3.8) is 0 Å². The number of carboxylic acids is 1. The fourth-order valence-corrected chi connectivity index (χ4v) is 3.80. The number of carbonyl (C=O) groups excluding carboxylic acids is 3. The molecule has 0 saturated carbocycles. The van der Waals surface area contributed by atoms with Gasteiger partial charge < -0.3 is 5.11 Å². The molecule has 2 amide bonds. The molecular formula is C20H17NO5S. The number of benzene rings is 2. The minimum Gasteiger partial charge on any atom is -0.480 e. The van der Waals surface area contributed by atoms with Gasteiger partial charge in [0.15, 0.2) is 0 Å². The van der Waals surface area contributed by atoms with Crippen LogP contribution >= 0.6 is 11.8 Å². The lowest BCUT2D eigenvalue weighted by atomic mass is 10.1. The molecule has 0 aliphatic carbocycles. The van der Waals surface area contributed by atoms with Crippen LogP contribution in [0, 0.1) is 0 Å². The van der Waals surface area contributed by atoms with Gasteiger partial charge in [-0.25, -0.2) is 0 Å². The minimum atomic E-state index is -1.09. The average Bonchev–Trinajstić information content (AvgIpc) is 2.92. The quantitative estimate of drug-likeness (QED) is 0.739. The second kappa shape index (κ2) is 8.18. The summed E-state index contributed by atoms with van der Waals surface area (Å²) >= 11 is 0.751. The van der Waals surface area contributed by atoms with Crippen molar-refractivity contribution in [1.82, 2.24) is 4.90 Å². The highest BCUT2D eigenvalue weighted by Gasteiger charge is 2.35. The van der Waals surface area contributed by atoms with E-state index in [0.717, 1.165) is 16.7 Å². The highest BCUT2D eigenvalue weighted by atomic mass is 32.2. The van der Waals surface area contributed by atoms with Gasteiger partial charge in [-0.05, 0) is 25.0 Å². The maximum Gasteiger partial charge on any atom is 0.317 e. The molecule has 7 heteroatoms. The van der Waals surface area contributed by atoms with E-state index < -0.39 is 11.2 Å². The zero-order chi connectivity index (χ0) is 19.4. The van der Waals surface area contributed by atoms with Crippen LogP contribution in [0.4, 0.5) is 0 Å². The van der Waals surface area contributed by atoms with Gasteiger partial charge >= 0.3 is 5.97 Å². The molecule has 2 aromatic carbocycles. The molecule has 2 aromatic rings. The molecule has 1 N–H and O–H groups in total. The minimum absolute atomic E-state index is 0.121. The molecule has 6 nitrogen and oxygen atoms in total. The van der Waals surface area contributed by atoms with Crippen molar-refractivity contribution in [2.24, 2.45) is 0 Å². The molecule has 3 rings (SSSR count). The highest BCUT2D eigenvalue weighted by molar-refractivity contribution is 8.15. The van der Waals surface area contributed by atoms with Crippen LogP contribution in [0.3, 0.4) is 0 Å². The summed E-state index contributed by atoms with van der Waals surface area (Å²) in [6.07, 6.45) is 0.476. The Bertz CT molecular complexity index is 861. The lowest BCUT2D eigenvalue weighted by Gasteiger charge is -2.16. The van der Waals surface area contributed by atoms with Crippen LogP contribution in [0.25, 0.3) is 0 Å². The van der Waals surface area contributed by atoms with Crippen LogP contribution in [0.1, 0.15) is 43.9 Å². The van der Waals surface area contributed by atoms with E-state index in [4.69, 9.17) is 0 Å². The van der Waals surface area contributed by atoms with E-state index >= 15 is 0 Å². The maximum atomic E-state index is 12.3. The normalized spacial score (nSPS) is 14.1. The van der Waals surface area contributed by atoms with E-state index in [0.29, 0.717) is 23.1 Å². The summed E-state index contributed by atoms with van der Waals surface area (Å²) in [7, 11) is 0. The third-order valence-electron chi connectivity index (χ3n) is 4.26. The number of carboxylic acid groups (broad SMARTS) is 1. The number of fused-ring (bicyclic) bond motifs is 1. The predicted octanol–water partition coefficient (Wildman–Crippen LogP) is 3.09. The number of imide groups is 1. The number of carbonyl (C=O) groups is 4. The first-order valence-electron chi connectivity index (χ1n) is 8.43. The van der Waals surface area contributed by atoms with Crippen molar-refractivity contribution < 1.29 is 24.3 Å². The third kappa shape index (κ3) is 4.09. The van der Waals surface area contributed by atoms with Gasteiger partial charge in [0, 0.05) is 12.1 Å². The van der Waals surface area contributed by atoms with Crippen molar-refractivity contribution in [3.05, 3.63) is 71.3 Å². The molecule has 0 spiro atoms. The topological polar surface area (TPSA) is 91.8 Å². The Morgan fingerprint density at radius 2 is 1.48 bits per heavy atom. The van der Waals surface area contributed by atoms with E-state index in [1.807, 2.05) is 0 Å². The molecule has 1 aliphatic heterocycles. The number of hydrogen-bond donors (Lipinski definition) is 1. The fraction of sp³-hybridized carbons (Fsp3) is 0.200. The predicted molar refractivity (Wildman–Crippen MR) is 101 cm³/mol. The van der Waals surface area contributed by atoms with Crippen LogP contribution in [0.15, 0.2) is 54.6 Å². The lowest BCUT2D eigenvalue weighted by Crippen LogP contribution is -2.31. The maximum absolute atomic E-state index is 12.3. The van der Waals surface area contributed by atoms with E-state index in [1.165, 1.54) is 0 Å². The second-order valence-electron chi connectivity index (χ2n) is 6.05. The lowest BCUT2D eigenvalue weighted by molar-refractivity contribution is -0.136. The van der Waals surface area contributed by atoms with E-state index in [9.17, 15) is 24.3 Å². The summed E-state index contributed by atoms with van der Waals surface area (Å²) in [4.78, 5) is 49.4. The summed E-state index contributed by atoms with van der Waals surface area (Å²) in [5, 5.41) is 8.13. The van der Waals surface area contributed by atoms with Crippen LogP contribution in [-0.4, -0.2) is 44.7 Å². The van der Waals surface area contributed by atoms with Gasteiger partial charge in [-0.2, -0.15) is 0 Å². The number of hydrogen-bond acceptors (Lipinski definition) is 5. The van der Waals surface area contributed by atoms with E-state index in [2.05, 4.69) is 0 Å². The number of aliphatic carboxylic acids is 1. The van der Waals surface area contributed by atoms with Crippen LogP contribution in [0.2, 0.25) is 0 Å². The Morgan fingerprint density at radius 3 is 2.04 bits per heavy atom. The fourth-order valence-electron chi connectivity index (χ4n) is 2.88. The number of rotatable bonds is 7. The Hall–Kier alpha value is -2.93. The monoisotopic (exact) mass is 383 g/mol. The van der Waals surface area contributed by atoms with Crippen LogP contribution in [-0.2, 0) is 4.79 Å². The summed E-state index contributed by atoms with van der Waals surface area (Å²) in [6, 6.07) is 15.1. The van der Waals surface area contributed by atoms with Gasteiger partial charge in [-0.15, -0.1) is 0 Å². The van der Waals surface area contributed by atoms with Gasteiger partial charge in [0.25, 0.3) is 11.8 Å². The van der Waals surface area contributed by atoms with Gasteiger partial charge in [0.1, 0.15) is 5.25 Å². The van der Waals surface area contributed by atoms with Crippen molar-refractivity contribution in [3.8, 4) is 0 Å². The zero-order valence-electron chi connectivity index (χ0n) is 14.3. The Kier molecular flexibility index (Phi) is 5.71. The highest BCUT2D eigenvalue weighted by Crippen LogP contribution is 2.25. The summed E-state index contributed by atoms with van der Waals surface area (Å²) < 4.78 is 0. The molecule has 0 aromatic heterocycles. The molecule has 1 aliphatic rings. The largest absolute Gasteiger partial charge is 0.480 e. The molecule has 27 heavy (non-hydrogen) atoms. The molecule has 0 bridgehead atoms. The molecule has 1 atom stereocenters. The molecule has 0 saturated heterocycles. The number of amides is 2. The Balaban J connectivity index is 1.58. The van der Waals surface area contributed by atoms with Gasteiger partial charge in [-0.1, -0.05) is 54.2 Å². The molecule has 0 unspecified atom stereocenters. The molecule has 138 valence electrons. The van der Waals surface area contributed by atoms with Gasteiger partial charge in [0.2, 0.25) is 5.12 Å². The van der Waals surface area contributed by atoms with Crippen molar-refractivity contribution >= 4 is 34.7 Å². The zero-order valence-corrected chi connectivity index (χ0v) is 15.1. The third-order valence-corrected chi connectivity index (χ3v) is 5.43. The number of nitrogens with zero attached hydrogens (tertiary/aromatic N) is 1. The Morgan fingerprint density at radius 1 is 0.926 bits per heavy atom. The van der Waals surface area contributed by atoms with Crippen molar-refractivity contribution in [2.75, 3.05) is 6.54 Å². The molecule has 1 heterocycles. The standard InChI is InChI=1S/C20H17NO5S/c22-17-14-9-4-5-10-15(14)18(23)21(17)12-6-11-16(19(24)25)27-20(26)13-7-2-1-3-8-13/h1-5,7-10,16H,6,11-12H2,(H,24,25)/t16-/m0/s1. The molecule has 0 fully saturated rings. The Labute approximate surface area is 160 Å². The average molecular weight is 383 g/mol. The number of thioether (sulfide) groups is 1. The summed E-state index contributed by atoms with van der Waals surface area (Å²) in [5.41, 5.74) is 1.17. The van der Waals surface area contributed by atoms with Gasteiger partial charge in [-0.3, -0.25) is 24.1 Å². The molecular weight excluding hydrogens is 366 g/mol. The van der Waals surface area contributed by atoms with E-state index in [-0.39, 0.29) is 29.9 Å². The first-order chi connectivity index (χ1) is 13.0. The second-order valence-corrected chi connectivity index (χ2v) is 7.22. The van der Waals surface area contributed by atoms with Crippen LogP contribution in [0.5, 0.6) is 0 Å². The SMILES string of the molecule is O=C(S[C@@H](CCCN1C(=O)c2ccccc2C1=O)C(=O)O)c1ccccc1. The van der Waals surface area contributed by atoms with Gasteiger partial charge in [0.05, 0.1) is 11.1 Å². The van der Waals surface area contributed by atoms with Crippen molar-refractivity contribution in [2.45, 2.75) is 18.1 Å². The smallest absolute Gasteiger partial charge is 0.317 e. The van der Waals surface area contributed by atoms with Crippen LogP contribution < -0.4 is 0 Å². The first kappa shape index (κ1) is 18.8. The summed E-state index contributed by atoms with van der Waals surface area (Å²) in [6.45, 7) is 0.121.